The maximum atomic E-state index is 13.4. The van der Waals surface area contributed by atoms with E-state index in [2.05, 4.69) is 5.32 Å². The first kappa shape index (κ1) is 14.4. The third kappa shape index (κ3) is 3.66. The van der Waals surface area contributed by atoms with E-state index in [1.165, 1.54) is 0 Å². The number of amides is 1. The number of anilines is 1. The van der Waals surface area contributed by atoms with E-state index in [4.69, 9.17) is 5.73 Å². The Labute approximate surface area is 105 Å². The SMILES string of the molecule is CC(CN(C)C)NC(=O)c1cc(N)c(F)cc1F. The van der Waals surface area contributed by atoms with Crippen LogP contribution in [0.4, 0.5) is 14.5 Å². The molecule has 1 amide bonds. The zero-order valence-corrected chi connectivity index (χ0v) is 10.6. The first-order chi connectivity index (χ1) is 8.31. The van der Waals surface area contributed by atoms with Crippen molar-refractivity contribution >= 4 is 11.6 Å². The smallest absolute Gasteiger partial charge is 0.254 e. The van der Waals surface area contributed by atoms with Gasteiger partial charge >= 0.3 is 0 Å². The Morgan fingerprint density at radius 3 is 2.56 bits per heavy atom. The van der Waals surface area contributed by atoms with E-state index in [0.717, 1.165) is 6.07 Å². The molecular weight excluding hydrogens is 240 g/mol. The fourth-order valence-electron chi connectivity index (χ4n) is 1.63. The Morgan fingerprint density at radius 1 is 1.39 bits per heavy atom. The number of carbonyl (C=O) groups excluding carboxylic acids is 1. The maximum absolute atomic E-state index is 13.4. The first-order valence-electron chi connectivity index (χ1n) is 5.51. The number of hydrogen-bond donors (Lipinski definition) is 2. The quantitative estimate of drug-likeness (QED) is 0.798. The number of hydrogen-bond acceptors (Lipinski definition) is 3. The Bertz CT molecular complexity index is 449. The molecule has 0 spiro atoms. The van der Waals surface area contributed by atoms with Crippen molar-refractivity contribution < 1.29 is 13.6 Å². The molecule has 1 aromatic rings. The first-order valence-corrected chi connectivity index (χ1v) is 5.51. The summed E-state index contributed by atoms with van der Waals surface area (Å²) in [7, 11) is 3.72. The van der Waals surface area contributed by atoms with Crippen LogP contribution in [0.1, 0.15) is 17.3 Å². The second kappa shape index (κ2) is 5.77. The van der Waals surface area contributed by atoms with Gasteiger partial charge in [0.1, 0.15) is 11.6 Å². The van der Waals surface area contributed by atoms with Crippen LogP contribution >= 0.6 is 0 Å². The molecule has 0 aliphatic rings. The highest BCUT2D eigenvalue weighted by Gasteiger charge is 2.16. The fraction of sp³-hybridized carbons (Fsp3) is 0.417. The Kier molecular flexibility index (Phi) is 4.61. The third-order valence-corrected chi connectivity index (χ3v) is 2.35. The molecule has 0 saturated heterocycles. The number of nitrogen functional groups attached to an aromatic ring is 1. The van der Waals surface area contributed by atoms with Crippen LogP contribution in [-0.4, -0.2) is 37.5 Å². The van der Waals surface area contributed by atoms with Crippen molar-refractivity contribution in [3.8, 4) is 0 Å². The number of rotatable bonds is 4. The monoisotopic (exact) mass is 257 g/mol. The summed E-state index contributed by atoms with van der Waals surface area (Å²) in [5.41, 5.74) is 4.81. The number of benzene rings is 1. The van der Waals surface area contributed by atoms with E-state index >= 15 is 0 Å². The molecule has 0 aliphatic carbocycles. The molecule has 0 bridgehead atoms. The van der Waals surface area contributed by atoms with Gasteiger partial charge in [-0.3, -0.25) is 4.79 Å². The second-order valence-electron chi connectivity index (χ2n) is 4.49. The van der Waals surface area contributed by atoms with E-state index in [-0.39, 0.29) is 17.3 Å². The highest BCUT2D eigenvalue weighted by molar-refractivity contribution is 5.95. The van der Waals surface area contributed by atoms with Gasteiger partial charge in [0.05, 0.1) is 11.3 Å². The van der Waals surface area contributed by atoms with Crippen LogP contribution in [0.3, 0.4) is 0 Å². The van der Waals surface area contributed by atoms with Gasteiger partial charge in [0, 0.05) is 18.7 Å². The number of carbonyl (C=O) groups is 1. The molecular formula is C12H17F2N3O. The van der Waals surface area contributed by atoms with E-state index < -0.39 is 17.5 Å². The van der Waals surface area contributed by atoms with Gasteiger partial charge in [-0.2, -0.15) is 0 Å². The van der Waals surface area contributed by atoms with Crippen LogP contribution in [-0.2, 0) is 0 Å². The molecule has 0 radical (unpaired) electrons. The Hall–Kier alpha value is -1.69. The topological polar surface area (TPSA) is 58.4 Å². The van der Waals surface area contributed by atoms with Crippen molar-refractivity contribution in [2.75, 3.05) is 26.4 Å². The summed E-state index contributed by atoms with van der Waals surface area (Å²) >= 11 is 0. The van der Waals surface area contributed by atoms with Gasteiger partial charge in [-0.15, -0.1) is 0 Å². The minimum atomic E-state index is -0.920. The van der Waals surface area contributed by atoms with Crippen molar-refractivity contribution in [2.24, 2.45) is 0 Å². The lowest BCUT2D eigenvalue weighted by molar-refractivity contribution is 0.0930. The lowest BCUT2D eigenvalue weighted by atomic mass is 10.1. The zero-order chi connectivity index (χ0) is 13.9. The van der Waals surface area contributed by atoms with E-state index in [1.54, 1.807) is 6.92 Å². The minimum absolute atomic E-state index is 0.154. The van der Waals surface area contributed by atoms with Gasteiger partial charge in [-0.05, 0) is 27.1 Å². The maximum Gasteiger partial charge on any atom is 0.254 e. The summed E-state index contributed by atoms with van der Waals surface area (Å²) in [4.78, 5) is 13.7. The van der Waals surface area contributed by atoms with Crippen molar-refractivity contribution in [1.82, 2.24) is 10.2 Å². The van der Waals surface area contributed by atoms with E-state index in [0.29, 0.717) is 12.6 Å². The molecule has 3 N–H and O–H groups in total. The van der Waals surface area contributed by atoms with Gasteiger partial charge in [0.2, 0.25) is 0 Å². The molecule has 0 aliphatic heterocycles. The van der Waals surface area contributed by atoms with Crippen molar-refractivity contribution in [2.45, 2.75) is 13.0 Å². The van der Waals surface area contributed by atoms with Crippen molar-refractivity contribution in [3.05, 3.63) is 29.3 Å². The largest absolute Gasteiger partial charge is 0.396 e. The van der Waals surface area contributed by atoms with Gasteiger partial charge in [-0.25, -0.2) is 8.78 Å². The van der Waals surface area contributed by atoms with Crippen molar-refractivity contribution in [3.63, 3.8) is 0 Å². The number of nitrogens with one attached hydrogen (secondary N) is 1. The molecule has 1 unspecified atom stereocenters. The molecule has 0 fully saturated rings. The summed E-state index contributed by atoms with van der Waals surface area (Å²) in [5.74, 6) is -2.39. The molecule has 18 heavy (non-hydrogen) atoms. The van der Waals surface area contributed by atoms with Gasteiger partial charge in [-0.1, -0.05) is 0 Å². The summed E-state index contributed by atoms with van der Waals surface area (Å²) in [6.07, 6.45) is 0. The minimum Gasteiger partial charge on any atom is -0.396 e. The van der Waals surface area contributed by atoms with Crippen LogP contribution in [0.2, 0.25) is 0 Å². The van der Waals surface area contributed by atoms with E-state index in [9.17, 15) is 13.6 Å². The van der Waals surface area contributed by atoms with Crippen LogP contribution < -0.4 is 11.1 Å². The van der Waals surface area contributed by atoms with Crippen LogP contribution in [0, 0.1) is 11.6 Å². The highest BCUT2D eigenvalue weighted by atomic mass is 19.1. The van der Waals surface area contributed by atoms with Crippen molar-refractivity contribution in [1.29, 1.82) is 0 Å². The Balaban J connectivity index is 2.82. The van der Waals surface area contributed by atoms with Gasteiger partial charge < -0.3 is 16.0 Å². The predicted octanol–water partition coefficient (Wildman–Crippen LogP) is 1.23. The molecule has 1 atom stereocenters. The second-order valence-corrected chi connectivity index (χ2v) is 4.49. The van der Waals surface area contributed by atoms with Crippen LogP contribution in [0.15, 0.2) is 12.1 Å². The van der Waals surface area contributed by atoms with Gasteiger partial charge in [0.25, 0.3) is 5.91 Å². The molecule has 0 heterocycles. The van der Waals surface area contributed by atoms with Gasteiger partial charge in [0.15, 0.2) is 0 Å². The fourth-order valence-corrected chi connectivity index (χ4v) is 1.63. The molecule has 1 rings (SSSR count). The summed E-state index contributed by atoms with van der Waals surface area (Å²) < 4.78 is 26.4. The summed E-state index contributed by atoms with van der Waals surface area (Å²) in [6, 6.07) is 1.46. The highest BCUT2D eigenvalue weighted by Crippen LogP contribution is 2.16. The number of likely N-dealkylation sites (N-methyl/N-ethyl adjacent to an activating group) is 1. The molecule has 6 heteroatoms. The molecule has 1 aromatic carbocycles. The van der Waals surface area contributed by atoms with Crippen LogP contribution in [0.25, 0.3) is 0 Å². The predicted molar refractivity (Wildman–Crippen MR) is 66.3 cm³/mol. The lowest BCUT2D eigenvalue weighted by Crippen LogP contribution is -2.39. The molecule has 100 valence electrons. The normalized spacial score (nSPS) is 12.6. The number of nitrogens with two attached hydrogens (primary N) is 1. The number of halogens is 2. The average molecular weight is 257 g/mol. The van der Waals surface area contributed by atoms with E-state index in [1.807, 2.05) is 19.0 Å². The standard InChI is InChI=1S/C12H17F2N3O/c1-7(6-17(2)3)16-12(18)8-4-11(15)10(14)5-9(8)13/h4-5,7H,6,15H2,1-3H3,(H,16,18). The average Bonchev–Trinajstić information content (AvgIpc) is 2.21. The Morgan fingerprint density at radius 2 is 2.00 bits per heavy atom. The van der Waals surface area contributed by atoms with Crippen LogP contribution in [0.5, 0.6) is 0 Å². The summed E-state index contributed by atoms with van der Waals surface area (Å²) in [6.45, 7) is 2.41. The summed E-state index contributed by atoms with van der Waals surface area (Å²) in [5, 5.41) is 2.62. The zero-order valence-electron chi connectivity index (χ0n) is 10.6. The third-order valence-electron chi connectivity index (χ3n) is 2.35. The lowest BCUT2D eigenvalue weighted by Gasteiger charge is -2.18. The molecule has 4 nitrogen and oxygen atoms in total. The molecule has 0 aromatic heterocycles. The molecule has 0 saturated carbocycles. The number of nitrogens with zero attached hydrogens (tertiary/aromatic N) is 1.